The van der Waals surface area contributed by atoms with Crippen LogP contribution in [0.25, 0.3) is 22.3 Å². The molecule has 1 spiro atoms. The Hall–Kier alpha value is -5.90. The fourth-order valence-corrected chi connectivity index (χ4v) is 13.7. The van der Waals surface area contributed by atoms with Crippen molar-refractivity contribution in [1.82, 2.24) is 39.5 Å². The topological polar surface area (TPSA) is 169 Å². The second-order valence-corrected chi connectivity index (χ2v) is 23.6. The first kappa shape index (κ1) is 48.1. The lowest BCUT2D eigenvalue weighted by Gasteiger charge is -2.48. The zero-order valence-corrected chi connectivity index (χ0v) is 43.3. The third-order valence-corrected chi connectivity index (χ3v) is 18.6. The maximum absolute atomic E-state index is 15.3. The van der Waals surface area contributed by atoms with E-state index in [-0.39, 0.29) is 53.5 Å². The van der Waals surface area contributed by atoms with E-state index in [4.69, 9.17) is 15.0 Å². The zero-order valence-electron chi connectivity index (χ0n) is 43.3. The summed E-state index contributed by atoms with van der Waals surface area (Å²) in [5, 5.41) is 6.16. The Morgan fingerprint density at radius 2 is 1.53 bits per heavy atom. The van der Waals surface area contributed by atoms with Crippen LogP contribution in [-0.4, -0.2) is 134 Å². The quantitative estimate of drug-likeness (QED) is 0.154. The number of pyridine rings is 2. The number of amides is 5. The van der Waals surface area contributed by atoms with E-state index in [1.807, 2.05) is 29.1 Å². The van der Waals surface area contributed by atoms with Crippen molar-refractivity contribution in [3.05, 3.63) is 59.5 Å². The number of carbonyl (C=O) groups excluding carboxylic acids is 5. The Kier molecular flexibility index (Phi) is 12.4. The Bertz CT molecular complexity index is 2840. The molecule has 1 aromatic carbocycles. The molecule has 2 N–H and O–H groups in total. The van der Waals surface area contributed by atoms with Crippen LogP contribution in [0.4, 0.5) is 17.3 Å². The number of nitrogens with one attached hydrogen (secondary N) is 2. The third-order valence-electron chi connectivity index (χ3n) is 18.6. The van der Waals surface area contributed by atoms with E-state index in [0.29, 0.717) is 89.9 Å². The molecule has 5 amide bonds. The van der Waals surface area contributed by atoms with Crippen molar-refractivity contribution in [2.24, 2.45) is 11.3 Å². The van der Waals surface area contributed by atoms with Crippen molar-refractivity contribution in [2.45, 2.75) is 160 Å². The lowest BCUT2D eigenvalue weighted by molar-refractivity contribution is -0.150. The molecular formula is C57H73N11O5. The van der Waals surface area contributed by atoms with Crippen LogP contribution in [0.15, 0.2) is 42.9 Å². The van der Waals surface area contributed by atoms with Gasteiger partial charge in [0.1, 0.15) is 11.3 Å². The van der Waals surface area contributed by atoms with E-state index in [1.165, 1.54) is 19.3 Å². The number of piperidine rings is 5. The van der Waals surface area contributed by atoms with Gasteiger partial charge in [-0.05, 0) is 152 Å². The van der Waals surface area contributed by atoms with E-state index in [2.05, 4.69) is 74.9 Å². The zero-order chi connectivity index (χ0) is 50.3. The van der Waals surface area contributed by atoms with E-state index >= 15 is 4.79 Å². The van der Waals surface area contributed by atoms with Crippen LogP contribution < -0.4 is 20.4 Å². The number of aromatic nitrogens is 4. The molecule has 2 saturated carbocycles. The average Bonchev–Trinajstić information content (AvgIpc) is 4.05. The number of carbonyl (C=O) groups is 5. The van der Waals surface area contributed by atoms with Gasteiger partial charge in [-0.3, -0.25) is 29.3 Å². The predicted molar refractivity (Wildman–Crippen MR) is 280 cm³/mol. The number of aryl methyl sites for hydroxylation is 1. The van der Waals surface area contributed by atoms with E-state index in [9.17, 15) is 19.2 Å². The number of hydrogen-bond donors (Lipinski definition) is 2. The molecule has 3 aromatic heterocycles. The molecule has 16 heteroatoms. The van der Waals surface area contributed by atoms with Crippen molar-refractivity contribution >= 4 is 57.9 Å². The smallest absolute Gasteiger partial charge is 0.238 e. The first-order valence-electron chi connectivity index (χ1n) is 27.8. The summed E-state index contributed by atoms with van der Waals surface area (Å²) in [6.07, 6.45) is 16.5. The van der Waals surface area contributed by atoms with Gasteiger partial charge in [-0.1, -0.05) is 25.5 Å². The summed E-state index contributed by atoms with van der Waals surface area (Å²) in [5.41, 5.74) is 6.46. The molecule has 8 aliphatic rings. The maximum Gasteiger partial charge on any atom is 0.238 e. The van der Waals surface area contributed by atoms with Crippen LogP contribution in [0.1, 0.15) is 146 Å². The molecule has 9 heterocycles. The number of nitrogens with zero attached hydrogens (tertiary/aromatic N) is 9. The van der Waals surface area contributed by atoms with Gasteiger partial charge < -0.3 is 34.4 Å². The van der Waals surface area contributed by atoms with Gasteiger partial charge in [-0.2, -0.15) is 0 Å². The Labute approximate surface area is 429 Å². The van der Waals surface area contributed by atoms with Crippen molar-refractivity contribution in [1.29, 1.82) is 0 Å². The van der Waals surface area contributed by atoms with Crippen LogP contribution in [0.3, 0.4) is 0 Å². The van der Waals surface area contributed by atoms with Crippen molar-refractivity contribution in [2.75, 3.05) is 67.5 Å². The van der Waals surface area contributed by atoms with Crippen LogP contribution in [0, 0.1) is 18.3 Å². The molecule has 7 fully saturated rings. The largest absolute Gasteiger partial charge is 0.366 e. The van der Waals surface area contributed by atoms with Gasteiger partial charge >= 0.3 is 0 Å². The van der Waals surface area contributed by atoms with Crippen LogP contribution in [-0.2, 0) is 29.4 Å². The van der Waals surface area contributed by atoms with Crippen LogP contribution >= 0.6 is 0 Å². The van der Waals surface area contributed by atoms with E-state index in [1.54, 1.807) is 6.20 Å². The number of imide groups is 1. The number of imidazole rings is 1. The number of rotatable bonds is 10. The Morgan fingerprint density at radius 1 is 0.808 bits per heavy atom. The lowest BCUT2D eigenvalue weighted by Crippen LogP contribution is -2.59. The molecule has 0 radical (unpaired) electrons. The molecular weight excluding hydrogens is 919 g/mol. The minimum absolute atomic E-state index is 0.0761. The molecule has 12 rings (SSSR count). The summed E-state index contributed by atoms with van der Waals surface area (Å²) in [4.78, 5) is 94.1. The molecule has 386 valence electrons. The summed E-state index contributed by atoms with van der Waals surface area (Å²) in [7, 11) is 0. The fourth-order valence-electron chi connectivity index (χ4n) is 13.7. The summed E-state index contributed by atoms with van der Waals surface area (Å²) >= 11 is 0. The highest BCUT2D eigenvalue weighted by atomic mass is 16.2. The first-order valence-corrected chi connectivity index (χ1v) is 27.8. The van der Waals surface area contributed by atoms with Crippen LogP contribution in [0.5, 0.6) is 0 Å². The summed E-state index contributed by atoms with van der Waals surface area (Å²) in [6.45, 7) is 14.3. The van der Waals surface area contributed by atoms with Crippen molar-refractivity contribution in [3.8, 4) is 11.3 Å². The molecule has 1 unspecified atom stereocenters. The highest BCUT2D eigenvalue weighted by molar-refractivity contribution is 6.09. The van der Waals surface area contributed by atoms with Gasteiger partial charge in [0.15, 0.2) is 5.82 Å². The Balaban J connectivity index is 0.706. The maximum atomic E-state index is 15.3. The fraction of sp³-hybridized carbons (Fsp3) is 0.614. The minimum Gasteiger partial charge on any atom is -0.366 e. The summed E-state index contributed by atoms with van der Waals surface area (Å²) < 4.78 is 2.20. The van der Waals surface area contributed by atoms with E-state index < -0.39 is 10.8 Å². The van der Waals surface area contributed by atoms with Gasteiger partial charge in [-0.15, -0.1) is 0 Å². The first-order chi connectivity index (χ1) is 35.3. The molecule has 4 aromatic rings. The van der Waals surface area contributed by atoms with Crippen LogP contribution in [0.2, 0.25) is 0 Å². The number of likely N-dealkylation sites (tertiary alicyclic amines) is 3. The van der Waals surface area contributed by atoms with Gasteiger partial charge in [-0.25, -0.2) is 15.0 Å². The molecule has 73 heavy (non-hydrogen) atoms. The number of fused-ring (bicyclic) bond motifs is 3. The molecule has 0 bridgehead atoms. The second-order valence-electron chi connectivity index (χ2n) is 23.6. The van der Waals surface area contributed by atoms with E-state index in [0.717, 1.165) is 108 Å². The highest BCUT2D eigenvalue weighted by Crippen LogP contribution is 2.53. The molecule has 6 aliphatic heterocycles. The van der Waals surface area contributed by atoms with Crippen molar-refractivity contribution in [3.63, 3.8) is 0 Å². The molecule has 2 aliphatic carbocycles. The van der Waals surface area contributed by atoms with Gasteiger partial charge in [0.25, 0.3) is 0 Å². The highest BCUT2D eigenvalue weighted by Gasteiger charge is 2.56. The SMILES string of the molecule is Cc1cc(N2CCC(C(=O)N3CCC(C)(C(=O)N4CCC5(CC4)C(=O)N([C@H]4C[C@@H](N6CCCCC6)C4)c4cc(-c6cc7ncn(C(C)C)c7c(NC7CC7)n6)ccc45)CC3)CC2)ncc1C1CCC(=O)NC1=O. The number of hydrogen-bond acceptors (Lipinski definition) is 11. The molecule has 16 nitrogen and oxygen atoms in total. The van der Waals surface area contributed by atoms with Gasteiger partial charge in [0.05, 0.1) is 28.9 Å². The minimum atomic E-state index is -0.687. The third kappa shape index (κ3) is 8.66. The molecule has 1 atom stereocenters. The number of anilines is 3. The monoisotopic (exact) mass is 992 g/mol. The average molecular weight is 992 g/mol. The lowest BCUT2D eigenvalue weighted by atomic mass is 9.72. The standard InChI is InChI=1S/C57H73N11O5/c1-35(2)67-34-59-46-32-45(61-51(50(46)67)60-39-9-10-39)38-8-12-44-47(29-38)68(41-30-40(31-41)63-20-6-5-7-21-63)55(73)57(44)18-26-66(27-19-57)54(72)56(4)16-24-65(25-17-56)53(71)37-14-22-64(23-15-37)48-28-36(3)43(33-58-48)42-11-13-49(69)62-52(42)70/h8,12,28-29,32-35,37,39-42H,5-7,9-11,13-27,30-31H2,1-4H3,(H,60,61)(H,62,69,70)/t40-,41+,42?. The Morgan fingerprint density at radius 3 is 2.22 bits per heavy atom. The number of benzene rings is 1. The van der Waals surface area contributed by atoms with Crippen molar-refractivity contribution < 1.29 is 24.0 Å². The summed E-state index contributed by atoms with van der Waals surface area (Å²) in [5.74, 6) is 1.30. The normalized spacial score (nSPS) is 25.6. The molecule has 5 saturated heterocycles. The van der Waals surface area contributed by atoms with Gasteiger partial charge in [0, 0.05) is 98.6 Å². The summed E-state index contributed by atoms with van der Waals surface area (Å²) in [6, 6.07) is 12.0. The van der Waals surface area contributed by atoms with Gasteiger partial charge in [0.2, 0.25) is 29.5 Å². The predicted octanol–water partition coefficient (Wildman–Crippen LogP) is 7.25. The second kappa shape index (κ2) is 18.8.